The molecule has 0 radical (unpaired) electrons. The molecule has 0 aliphatic rings. The van der Waals surface area contributed by atoms with Crippen LogP contribution in [0.3, 0.4) is 0 Å². The molecule has 108 valence electrons. The third-order valence-electron chi connectivity index (χ3n) is 3.08. The van der Waals surface area contributed by atoms with Gasteiger partial charge in [-0.05, 0) is 32.0 Å². The molecule has 0 bridgehead atoms. The lowest BCUT2D eigenvalue weighted by molar-refractivity contribution is -0.130. The number of anilines is 1. The van der Waals surface area contributed by atoms with Crippen molar-refractivity contribution in [1.82, 2.24) is 9.88 Å². The van der Waals surface area contributed by atoms with E-state index in [1.807, 2.05) is 36.9 Å². The van der Waals surface area contributed by atoms with E-state index in [0.29, 0.717) is 18.0 Å². The second-order valence-corrected chi connectivity index (χ2v) is 5.84. The first kappa shape index (κ1) is 15.1. The van der Waals surface area contributed by atoms with E-state index in [0.717, 1.165) is 28.4 Å². The first-order valence-corrected chi connectivity index (χ1v) is 7.91. The summed E-state index contributed by atoms with van der Waals surface area (Å²) in [7, 11) is 0. The number of halogens is 1. The van der Waals surface area contributed by atoms with Gasteiger partial charge in [-0.3, -0.25) is 4.79 Å². The van der Waals surface area contributed by atoms with Gasteiger partial charge in [-0.25, -0.2) is 4.98 Å². The molecule has 2 rings (SSSR count). The molecule has 1 N–H and O–H groups in total. The average Bonchev–Trinajstić information content (AvgIpc) is 2.82. The SMILES string of the molecule is CCN(CC)C(=O)CCNc1nc2ccc(Cl)cc2s1. The second-order valence-electron chi connectivity index (χ2n) is 4.37. The number of hydrogen-bond acceptors (Lipinski definition) is 4. The molecule has 1 heterocycles. The highest BCUT2D eigenvalue weighted by Crippen LogP contribution is 2.28. The molecule has 0 unspecified atom stereocenters. The fourth-order valence-corrected chi connectivity index (χ4v) is 3.15. The van der Waals surface area contributed by atoms with Gasteiger partial charge in [0.2, 0.25) is 5.91 Å². The Hall–Kier alpha value is -1.33. The van der Waals surface area contributed by atoms with E-state index in [9.17, 15) is 4.79 Å². The summed E-state index contributed by atoms with van der Waals surface area (Å²) >= 11 is 7.50. The number of amides is 1. The van der Waals surface area contributed by atoms with Gasteiger partial charge in [-0.15, -0.1) is 0 Å². The van der Waals surface area contributed by atoms with E-state index in [1.165, 1.54) is 0 Å². The zero-order valence-electron chi connectivity index (χ0n) is 11.6. The molecule has 0 saturated carbocycles. The Balaban J connectivity index is 1.91. The van der Waals surface area contributed by atoms with Crippen LogP contribution in [-0.2, 0) is 4.79 Å². The van der Waals surface area contributed by atoms with Crippen LogP contribution >= 0.6 is 22.9 Å². The molecule has 1 aromatic heterocycles. The molecule has 0 spiro atoms. The number of aromatic nitrogens is 1. The van der Waals surface area contributed by atoms with E-state index >= 15 is 0 Å². The molecule has 1 amide bonds. The summed E-state index contributed by atoms with van der Waals surface area (Å²) in [6.07, 6.45) is 0.484. The largest absolute Gasteiger partial charge is 0.361 e. The topological polar surface area (TPSA) is 45.2 Å². The van der Waals surface area contributed by atoms with Crippen LogP contribution in [-0.4, -0.2) is 35.4 Å². The second kappa shape index (κ2) is 6.90. The third kappa shape index (κ3) is 3.61. The number of nitrogens with zero attached hydrogens (tertiary/aromatic N) is 2. The highest BCUT2D eigenvalue weighted by atomic mass is 35.5. The summed E-state index contributed by atoms with van der Waals surface area (Å²) in [6, 6.07) is 5.64. The minimum Gasteiger partial charge on any atom is -0.361 e. The average molecular weight is 312 g/mol. The minimum absolute atomic E-state index is 0.173. The lowest BCUT2D eigenvalue weighted by Crippen LogP contribution is -2.31. The van der Waals surface area contributed by atoms with Crippen molar-refractivity contribution in [3.05, 3.63) is 23.2 Å². The predicted octanol–water partition coefficient (Wildman–Crippen LogP) is 3.62. The van der Waals surface area contributed by atoms with Crippen molar-refractivity contribution in [1.29, 1.82) is 0 Å². The van der Waals surface area contributed by atoms with E-state index in [-0.39, 0.29) is 5.91 Å². The van der Waals surface area contributed by atoms with Crippen molar-refractivity contribution < 1.29 is 4.79 Å². The number of hydrogen-bond donors (Lipinski definition) is 1. The van der Waals surface area contributed by atoms with E-state index < -0.39 is 0 Å². The minimum atomic E-state index is 0.173. The molecule has 1 aromatic carbocycles. The molecule has 0 aliphatic heterocycles. The molecule has 0 aliphatic carbocycles. The normalized spacial score (nSPS) is 10.8. The fourth-order valence-electron chi connectivity index (χ4n) is 1.98. The van der Waals surface area contributed by atoms with Crippen LogP contribution in [0.2, 0.25) is 5.02 Å². The molecular weight excluding hydrogens is 294 g/mol. The number of benzene rings is 1. The van der Waals surface area contributed by atoms with Crippen molar-refractivity contribution in [2.45, 2.75) is 20.3 Å². The zero-order chi connectivity index (χ0) is 14.5. The number of fused-ring (bicyclic) bond motifs is 1. The molecular formula is C14H18ClN3OS. The van der Waals surface area contributed by atoms with Gasteiger partial charge in [0, 0.05) is 31.1 Å². The van der Waals surface area contributed by atoms with Gasteiger partial charge in [0.1, 0.15) is 0 Å². The number of rotatable bonds is 6. The maximum atomic E-state index is 11.9. The van der Waals surface area contributed by atoms with Crippen LogP contribution in [0.25, 0.3) is 10.2 Å². The highest BCUT2D eigenvalue weighted by molar-refractivity contribution is 7.22. The first-order chi connectivity index (χ1) is 9.63. The molecule has 6 heteroatoms. The van der Waals surface area contributed by atoms with E-state index in [1.54, 1.807) is 11.3 Å². The van der Waals surface area contributed by atoms with Gasteiger partial charge in [-0.1, -0.05) is 22.9 Å². The van der Waals surface area contributed by atoms with Gasteiger partial charge >= 0.3 is 0 Å². The quantitative estimate of drug-likeness (QED) is 0.886. The standard InChI is InChI=1S/C14H18ClN3OS/c1-3-18(4-2)13(19)7-8-16-14-17-11-6-5-10(15)9-12(11)20-14/h5-6,9H,3-4,7-8H2,1-2H3,(H,16,17). The van der Waals surface area contributed by atoms with Crippen molar-refractivity contribution in [3.63, 3.8) is 0 Å². The Bertz CT molecular complexity index is 595. The molecule has 4 nitrogen and oxygen atoms in total. The molecule has 2 aromatic rings. The summed E-state index contributed by atoms with van der Waals surface area (Å²) in [6.45, 7) is 6.10. The molecule has 0 saturated heterocycles. The van der Waals surface area contributed by atoms with Crippen LogP contribution in [0.1, 0.15) is 20.3 Å². The van der Waals surface area contributed by atoms with E-state index in [4.69, 9.17) is 11.6 Å². The van der Waals surface area contributed by atoms with Crippen molar-refractivity contribution in [3.8, 4) is 0 Å². The van der Waals surface area contributed by atoms with E-state index in [2.05, 4.69) is 10.3 Å². The van der Waals surface area contributed by atoms with Crippen LogP contribution in [0.5, 0.6) is 0 Å². The number of nitrogens with one attached hydrogen (secondary N) is 1. The maximum absolute atomic E-state index is 11.9. The third-order valence-corrected chi connectivity index (χ3v) is 4.29. The Morgan fingerprint density at radius 1 is 1.40 bits per heavy atom. The van der Waals surface area contributed by atoms with Gasteiger partial charge in [0.15, 0.2) is 5.13 Å². The van der Waals surface area contributed by atoms with Gasteiger partial charge in [-0.2, -0.15) is 0 Å². The molecule has 20 heavy (non-hydrogen) atoms. The summed E-state index contributed by atoms with van der Waals surface area (Å²) < 4.78 is 1.05. The Morgan fingerprint density at radius 3 is 2.85 bits per heavy atom. The molecule has 0 atom stereocenters. The predicted molar refractivity (Wildman–Crippen MR) is 85.7 cm³/mol. The van der Waals surface area contributed by atoms with Crippen LogP contribution < -0.4 is 5.32 Å². The lowest BCUT2D eigenvalue weighted by Gasteiger charge is -2.18. The van der Waals surface area contributed by atoms with Gasteiger partial charge in [0.25, 0.3) is 0 Å². The summed E-state index contributed by atoms with van der Waals surface area (Å²) in [5, 5.41) is 4.75. The number of carbonyl (C=O) groups is 1. The van der Waals surface area contributed by atoms with Crippen molar-refractivity contribution in [2.75, 3.05) is 25.0 Å². The summed E-state index contributed by atoms with van der Waals surface area (Å²) in [4.78, 5) is 18.2. The summed E-state index contributed by atoms with van der Waals surface area (Å²) in [5.41, 5.74) is 0.928. The number of thiazole rings is 1. The van der Waals surface area contributed by atoms with Gasteiger partial charge in [0.05, 0.1) is 10.2 Å². The Morgan fingerprint density at radius 2 is 2.15 bits per heavy atom. The smallest absolute Gasteiger partial charge is 0.224 e. The lowest BCUT2D eigenvalue weighted by atomic mass is 10.3. The monoisotopic (exact) mass is 311 g/mol. The Kier molecular flexibility index (Phi) is 5.20. The summed E-state index contributed by atoms with van der Waals surface area (Å²) in [5.74, 6) is 0.173. The zero-order valence-corrected chi connectivity index (χ0v) is 13.2. The first-order valence-electron chi connectivity index (χ1n) is 6.71. The molecule has 0 fully saturated rings. The maximum Gasteiger partial charge on any atom is 0.224 e. The Labute approximate surface area is 127 Å². The van der Waals surface area contributed by atoms with Crippen molar-refractivity contribution >= 4 is 44.2 Å². The fraction of sp³-hybridized carbons (Fsp3) is 0.429. The van der Waals surface area contributed by atoms with Gasteiger partial charge < -0.3 is 10.2 Å². The van der Waals surface area contributed by atoms with Crippen molar-refractivity contribution in [2.24, 2.45) is 0 Å². The van der Waals surface area contributed by atoms with Crippen LogP contribution in [0.15, 0.2) is 18.2 Å². The van der Waals surface area contributed by atoms with Crippen LogP contribution in [0.4, 0.5) is 5.13 Å². The van der Waals surface area contributed by atoms with Crippen LogP contribution in [0, 0.1) is 0 Å². The number of carbonyl (C=O) groups excluding carboxylic acids is 1. The highest BCUT2D eigenvalue weighted by Gasteiger charge is 2.09.